The highest BCUT2D eigenvalue weighted by atomic mass is 15.1. The van der Waals surface area contributed by atoms with E-state index in [2.05, 4.69) is 70.7 Å². The van der Waals surface area contributed by atoms with E-state index < -0.39 is 0 Å². The third-order valence-electron chi connectivity index (χ3n) is 5.26. The summed E-state index contributed by atoms with van der Waals surface area (Å²) in [4.78, 5) is 2.49. The van der Waals surface area contributed by atoms with Crippen LogP contribution in [0.4, 0.5) is 11.4 Å². The maximum absolute atomic E-state index is 5.25. The van der Waals surface area contributed by atoms with Crippen LogP contribution in [0.3, 0.4) is 0 Å². The Hall–Kier alpha value is -3.02. The van der Waals surface area contributed by atoms with Gasteiger partial charge in [0, 0.05) is 31.0 Å². The van der Waals surface area contributed by atoms with Gasteiger partial charge >= 0.3 is 0 Å². The number of unbranched alkanes of at least 4 members (excludes halogenated alkanes) is 1. The first-order valence-corrected chi connectivity index (χ1v) is 10.8. The number of hydrazone groups is 2. The average molecular weight is 409 g/mol. The molecule has 0 bridgehead atoms. The SMILES string of the molecule is CCCCN(CCC(C)CCNc1ccc(/C=N/N)cc1)c1ccc(/C=N/N)cc1. The molecule has 0 aliphatic heterocycles. The lowest BCUT2D eigenvalue weighted by atomic mass is 10.0. The molecule has 2 rings (SSSR count). The second kappa shape index (κ2) is 13.2. The molecular weight excluding hydrogens is 372 g/mol. The molecule has 2 aromatic rings. The normalized spacial score (nSPS) is 12.5. The van der Waals surface area contributed by atoms with E-state index in [0.29, 0.717) is 5.92 Å². The molecule has 0 saturated heterocycles. The summed E-state index contributed by atoms with van der Waals surface area (Å²) >= 11 is 0. The zero-order chi connectivity index (χ0) is 21.6. The van der Waals surface area contributed by atoms with Crippen molar-refractivity contribution in [1.82, 2.24) is 0 Å². The highest BCUT2D eigenvalue weighted by Gasteiger charge is 2.09. The van der Waals surface area contributed by atoms with Crippen LogP contribution in [0, 0.1) is 5.92 Å². The molecule has 5 N–H and O–H groups in total. The summed E-state index contributed by atoms with van der Waals surface area (Å²) < 4.78 is 0. The van der Waals surface area contributed by atoms with Crippen molar-refractivity contribution in [3.8, 4) is 0 Å². The van der Waals surface area contributed by atoms with E-state index in [1.165, 1.54) is 24.9 Å². The number of nitrogens with zero attached hydrogens (tertiary/aromatic N) is 3. The summed E-state index contributed by atoms with van der Waals surface area (Å²) in [5, 5.41) is 10.7. The lowest BCUT2D eigenvalue weighted by Gasteiger charge is -2.26. The molecular formula is C24H36N6. The van der Waals surface area contributed by atoms with Gasteiger partial charge in [-0.3, -0.25) is 0 Å². The molecule has 2 aromatic carbocycles. The van der Waals surface area contributed by atoms with E-state index in [4.69, 9.17) is 11.7 Å². The van der Waals surface area contributed by atoms with Crippen molar-refractivity contribution < 1.29 is 0 Å². The molecule has 0 radical (unpaired) electrons. The van der Waals surface area contributed by atoms with Crippen LogP contribution in [0.2, 0.25) is 0 Å². The Bertz CT molecular complexity index is 767. The van der Waals surface area contributed by atoms with Crippen LogP contribution in [0.5, 0.6) is 0 Å². The van der Waals surface area contributed by atoms with Crippen molar-refractivity contribution >= 4 is 23.8 Å². The third-order valence-corrected chi connectivity index (χ3v) is 5.26. The van der Waals surface area contributed by atoms with Crippen LogP contribution >= 0.6 is 0 Å². The van der Waals surface area contributed by atoms with Crippen molar-refractivity contribution in [2.45, 2.75) is 39.5 Å². The molecule has 0 heterocycles. The molecule has 0 aliphatic carbocycles. The minimum Gasteiger partial charge on any atom is -0.385 e. The number of nitrogens with one attached hydrogen (secondary N) is 1. The molecule has 1 unspecified atom stereocenters. The van der Waals surface area contributed by atoms with E-state index in [0.717, 1.165) is 42.9 Å². The molecule has 30 heavy (non-hydrogen) atoms. The van der Waals surface area contributed by atoms with Crippen LogP contribution < -0.4 is 21.9 Å². The van der Waals surface area contributed by atoms with Crippen LogP contribution in [-0.2, 0) is 0 Å². The van der Waals surface area contributed by atoms with Gasteiger partial charge in [0.1, 0.15) is 0 Å². The van der Waals surface area contributed by atoms with Crippen LogP contribution in [0.1, 0.15) is 50.7 Å². The average Bonchev–Trinajstić information content (AvgIpc) is 2.76. The summed E-state index contributed by atoms with van der Waals surface area (Å²) in [7, 11) is 0. The molecule has 6 nitrogen and oxygen atoms in total. The van der Waals surface area contributed by atoms with E-state index in [9.17, 15) is 0 Å². The van der Waals surface area contributed by atoms with Crippen molar-refractivity contribution in [2.75, 3.05) is 29.9 Å². The number of anilines is 2. The van der Waals surface area contributed by atoms with Gasteiger partial charge in [0.25, 0.3) is 0 Å². The number of hydrogen-bond acceptors (Lipinski definition) is 6. The quantitative estimate of drug-likeness (QED) is 0.260. The zero-order valence-electron chi connectivity index (χ0n) is 18.3. The van der Waals surface area contributed by atoms with Crippen molar-refractivity contribution in [3.63, 3.8) is 0 Å². The van der Waals surface area contributed by atoms with Crippen molar-refractivity contribution in [3.05, 3.63) is 59.7 Å². The summed E-state index contributed by atoms with van der Waals surface area (Å²) in [6, 6.07) is 16.6. The first-order chi connectivity index (χ1) is 14.7. The fourth-order valence-electron chi connectivity index (χ4n) is 3.33. The van der Waals surface area contributed by atoms with E-state index in [1.807, 2.05) is 12.1 Å². The fourth-order valence-corrected chi connectivity index (χ4v) is 3.33. The Kier molecular flexibility index (Phi) is 10.3. The van der Waals surface area contributed by atoms with Gasteiger partial charge in [0.2, 0.25) is 0 Å². The van der Waals surface area contributed by atoms with Gasteiger partial charge in [-0.05, 0) is 60.6 Å². The Morgan fingerprint density at radius 2 is 1.50 bits per heavy atom. The molecule has 162 valence electrons. The Morgan fingerprint density at radius 1 is 0.900 bits per heavy atom. The molecule has 0 fully saturated rings. The second-order valence-electron chi connectivity index (χ2n) is 7.72. The summed E-state index contributed by atoms with van der Waals surface area (Å²) in [5.74, 6) is 11.1. The molecule has 1 atom stereocenters. The molecule has 0 amide bonds. The molecule has 0 aliphatic rings. The third kappa shape index (κ3) is 8.15. The second-order valence-corrected chi connectivity index (χ2v) is 7.72. The lowest BCUT2D eigenvalue weighted by molar-refractivity contribution is 0.499. The van der Waals surface area contributed by atoms with Crippen LogP contribution in [0.25, 0.3) is 0 Å². The highest BCUT2D eigenvalue weighted by molar-refractivity contribution is 5.80. The summed E-state index contributed by atoms with van der Waals surface area (Å²) in [6.07, 6.45) is 8.03. The Morgan fingerprint density at radius 3 is 2.07 bits per heavy atom. The number of hydrogen-bond donors (Lipinski definition) is 3. The highest BCUT2D eigenvalue weighted by Crippen LogP contribution is 2.19. The molecule has 6 heteroatoms. The molecule has 0 aromatic heterocycles. The lowest BCUT2D eigenvalue weighted by Crippen LogP contribution is -2.27. The topological polar surface area (TPSA) is 92.0 Å². The van der Waals surface area contributed by atoms with Gasteiger partial charge in [0.05, 0.1) is 12.4 Å². The largest absolute Gasteiger partial charge is 0.385 e. The van der Waals surface area contributed by atoms with Gasteiger partial charge in [-0.15, -0.1) is 0 Å². The minimum absolute atomic E-state index is 0.647. The maximum atomic E-state index is 5.25. The summed E-state index contributed by atoms with van der Waals surface area (Å²) in [6.45, 7) is 7.69. The zero-order valence-corrected chi connectivity index (χ0v) is 18.3. The van der Waals surface area contributed by atoms with Gasteiger partial charge < -0.3 is 21.9 Å². The first-order valence-electron chi connectivity index (χ1n) is 10.8. The van der Waals surface area contributed by atoms with Crippen LogP contribution in [-0.4, -0.2) is 32.1 Å². The smallest absolute Gasteiger partial charge is 0.0538 e. The Labute approximate surface area is 181 Å². The van der Waals surface area contributed by atoms with E-state index >= 15 is 0 Å². The van der Waals surface area contributed by atoms with Crippen molar-refractivity contribution in [2.24, 2.45) is 27.8 Å². The van der Waals surface area contributed by atoms with Gasteiger partial charge in [-0.1, -0.05) is 44.5 Å². The van der Waals surface area contributed by atoms with Gasteiger partial charge in [-0.25, -0.2) is 0 Å². The summed E-state index contributed by atoms with van der Waals surface area (Å²) in [5.41, 5.74) is 4.43. The number of rotatable bonds is 13. The molecule has 0 spiro atoms. The number of benzene rings is 2. The predicted molar refractivity (Wildman–Crippen MR) is 130 cm³/mol. The van der Waals surface area contributed by atoms with Crippen LogP contribution in [0.15, 0.2) is 58.7 Å². The van der Waals surface area contributed by atoms with Gasteiger partial charge in [-0.2, -0.15) is 10.2 Å². The minimum atomic E-state index is 0.647. The monoisotopic (exact) mass is 408 g/mol. The fraction of sp³-hybridized carbons (Fsp3) is 0.417. The number of nitrogens with two attached hydrogens (primary N) is 2. The van der Waals surface area contributed by atoms with E-state index in [-0.39, 0.29) is 0 Å². The standard InChI is InChI=1S/C24H36N6/c1-3-4-16-30(24-11-7-22(8-12-24)19-29-26)17-14-20(2)13-15-27-23-9-5-21(6-10-23)18-28-25/h5-12,18-20,27H,3-4,13-17,25-26H2,1-2H3/b28-18+,29-19+. The predicted octanol–water partition coefficient (Wildman–Crippen LogP) is 4.41. The first kappa shape index (κ1) is 23.3. The Balaban J connectivity index is 1.80. The maximum Gasteiger partial charge on any atom is 0.0538 e. The van der Waals surface area contributed by atoms with Gasteiger partial charge in [0.15, 0.2) is 0 Å². The van der Waals surface area contributed by atoms with Crippen molar-refractivity contribution in [1.29, 1.82) is 0 Å². The molecule has 0 saturated carbocycles. The van der Waals surface area contributed by atoms with E-state index in [1.54, 1.807) is 12.4 Å².